The first-order valence-electron chi connectivity index (χ1n) is 7.66. The van der Waals surface area contributed by atoms with Crippen LogP contribution >= 0.6 is 0 Å². The minimum absolute atomic E-state index is 0.0428. The average molecular weight is 302 g/mol. The molecule has 2 aromatic rings. The summed E-state index contributed by atoms with van der Waals surface area (Å²) in [6.07, 6.45) is 5.33. The highest BCUT2D eigenvalue weighted by Gasteiger charge is 2.33. The van der Waals surface area contributed by atoms with Crippen LogP contribution in [0.5, 0.6) is 0 Å². The van der Waals surface area contributed by atoms with Crippen LogP contribution in [0.15, 0.2) is 29.1 Å². The lowest BCUT2D eigenvalue weighted by Crippen LogP contribution is -2.51. The molecule has 0 bridgehead atoms. The molecule has 0 aliphatic carbocycles. The van der Waals surface area contributed by atoms with Gasteiger partial charge in [-0.2, -0.15) is 0 Å². The van der Waals surface area contributed by atoms with E-state index in [4.69, 9.17) is 4.42 Å². The van der Waals surface area contributed by atoms with Gasteiger partial charge in [0.05, 0.1) is 17.9 Å². The molecule has 1 fully saturated rings. The molecule has 0 spiro atoms. The van der Waals surface area contributed by atoms with Crippen LogP contribution in [0.1, 0.15) is 34.9 Å². The zero-order valence-corrected chi connectivity index (χ0v) is 13.3. The van der Waals surface area contributed by atoms with Crippen molar-refractivity contribution in [2.75, 3.05) is 26.2 Å². The van der Waals surface area contributed by atoms with Crippen molar-refractivity contribution in [2.24, 2.45) is 7.05 Å². The van der Waals surface area contributed by atoms with Gasteiger partial charge in [-0.25, -0.2) is 4.98 Å². The van der Waals surface area contributed by atoms with E-state index in [-0.39, 0.29) is 11.9 Å². The number of nitrogens with zero attached hydrogens (tertiary/aromatic N) is 4. The van der Waals surface area contributed by atoms with Crippen LogP contribution in [-0.2, 0) is 7.05 Å². The number of aromatic nitrogens is 2. The predicted molar refractivity (Wildman–Crippen MR) is 82.5 cm³/mol. The number of aryl methyl sites for hydroxylation is 2. The van der Waals surface area contributed by atoms with Gasteiger partial charge in [0.15, 0.2) is 0 Å². The van der Waals surface area contributed by atoms with Crippen molar-refractivity contribution < 1.29 is 9.21 Å². The van der Waals surface area contributed by atoms with Gasteiger partial charge in [0.25, 0.3) is 5.91 Å². The van der Waals surface area contributed by atoms with Gasteiger partial charge in [-0.3, -0.25) is 9.69 Å². The first-order chi connectivity index (χ1) is 10.6. The Balaban J connectivity index is 1.83. The van der Waals surface area contributed by atoms with E-state index in [1.807, 2.05) is 35.8 Å². The summed E-state index contributed by atoms with van der Waals surface area (Å²) in [6, 6.07) is 1.88. The van der Waals surface area contributed by atoms with Crippen molar-refractivity contribution in [1.29, 1.82) is 0 Å². The fraction of sp³-hybridized carbons (Fsp3) is 0.500. The molecular formula is C16H22N4O2. The summed E-state index contributed by atoms with van der Waals surface area (Å²) < 4.78 is 7.29. The van der Waals surface area contributed by atoms with Crippen LogP contribution in [0.3, 0.4) is 0 Å². The lowest BCUT2D eigenvalue weighted by Gasteiger charge is -2.40. The van der Waals surface area contributed by atoms with Gasteiger partial charge in [-0.05, 0) is 19.5 Å². The third-order valence-electron chi connectivity index (χ3n) is 4.43. The number of furan rings is 1. The van der Waals surface area contributed by atoms with Crippen LogP contribution in [-0.4, -0.2) is 51.4 Å². The molecule has 0 unspecified atom stereocenters. The van der Waals surface area contributed by atoms with E-state index in [0.717, 1.165) is 25.5 Å². The van der Waals surface area contributed by atoms with Gasteiger partial charge < -0.3 is 13.9 Å². The van der Waals surface area contributed by atoms with Gasteiger partial charge in [0.1, 0.15) is 11.6 Å². The molecule has 0 radical (unpaired) electrons. The van der Waals surface area contributed by atoms with Crippen molar-refractivity contribution >= 4 is 5.91 Å². The molecule has 3 heterocycles. The number of carbonyl (C=O) groups is 1. The van der Waals surface area contributed by atoms with Crippen molar-refractivity contribution in [3.63, 3.8) is 0 Å². The third kappa shape index (κ3) is 2.54. The van der Waals surface area contributed by atoms with Crippen LogP contribution in [0.4, 0.5) is 0 Å². The Morgan fingerprint density at radius 2 is 2.27 bits per heavy atom. The summed E-state index contributed by atoms with van der Waals surface area (Å²) in [5.41, 5.74) is 0.656. The maximum absolute atomic E-state index is 12.7. The summed E-state index contributed by atoms with van der Waals surface area (Å²) in [4.78, 5) is 21.4. The number of piperazine rings is 1. The molecule has 1 aliphatic heterocycles. The molecule has 3 rings (SSSR count). The number of likely N-dealkylation sites (N-methyl/N-ethyl adjacent to an activating group) is 1. The summed E-state index contributed by atoms with van der Waals surface area (Å²) in [6.45, 7) is 7.17. The second-order valence-corrected chi connectivity index (χ2v) is 5.68. The van der Waals surface area contributed by atoms with E-state index in [1.54, 1.807) is 12.3 Å². The van der Waals surface area contributed by atoms with E-state index in [0.29, 0.717) is 17.9 Å². The van der Waals surface area contributed by atoms with Crippen LogP contribution in [0.2, 0.25) is 0 Å². The summed E-state index contributed by atoms with van der Waals surface area (Å²) in [5.74, 6) is 1.72. The van der Waals surface area contributed by atoms with Gasteiger partial charge >= 0.3 is 0 Å². The smallest absolute Gasteiger partial charge is 0.257 e. The quantitative estimate of drug-likeness (QED) is 0.868. The maximum Gasteiger partial charge on any atom is 0.257 e. The first kappa shape index (κ1) is 14.8. The number of hydrogen-bond acceptors (Lipinski definition) is 4. The van der Waals surface area contributed by atoms with E-state index >= 15 is 0 Å². The average Bonchev–Trinajstić information content (AvgIpc) is 3.14. The number of carbonyl (C=O) groups excluding carboxylic acids is 1. The van der Waals surface area contributed by atoms with Crippen LogP contribution in [0, 0.1) is 6.92 Å². The Labute approximate surface area is 130 Å². The van der Waals surface area contributed by atoms with Crippen LogP contribution < -0.4 is 0 Å². The number of amides is 1. The molecule has 118 valence electrons. The molecule has 2 aromatic heterocycles. The van der Waals surface area contributed by atoms with Crippen LogP contribution in [0.25, 0.3) is 0 Å². The maximum atomic E-state index is 12.7. The lowest BCUT2D eigenvalue weighted by molar-refractivity contribution is 0.0471. The second-order valence-electron chi connectivity index (χ2n) is 5.68. The Hall–Kier alpha value is -2.08. The normalized spacial score (nSPS) is 19.6. The zero-order valence-electron chi connectivity index (χ0n) is 13.3. The van der Waals surface area contributed by atoms with Crippen molar-refractivity contribution in [3.05, 3.63) is 41.9 Å². The van der Waals surface area contributed by atoms with E-state index in [9.17, 15) is 4.79 Å². The molecule has 0 saturated carbocycles. The van der Waals surface area contributed by atoms with Crippen molar-refractivity contribution in [3.8, 4) is 0 Å². The largest absolute Gasteiger partial charge is 0.469 e. The van der Waals surface area contributed by atoms with Crippen molar-refractivity contribution in [1.82, 2.24) is 19.4 Å². The Morgan fingerprint density at radius 3 is 2.86 bits per heavy atom. The molecule has 0 aromatic carbocycles. The fourth-order valence-electron chi connectivity index (χ4n) is 3.10. The second kappa shape index (κ2) is 5.96. The monoisotopic (exact) mass is 302 g/mol. The molecule has 1 aliphatic rings. The molecule has 22 heavy (non-hydrogen) atoms. The Bertz CT molecular complexity index is 661. The molecule has 0 N–H and O–H groups in total. The summed E-state index contributed by atoms with van der Waals surface area (Å²) in [5, 5.41) is 0. The highest BCUT2D eigenvalue weighted by atomic mass is 16.3. The van der Waals surface area contributed by atoms with Gasteiger partial charge in [-0.15, -0.1) is 0 Å². The number of imidazole rings is 1. The molecule has 1 amide bonds. The van der Waals surface area contributed by atoms with E-state index < -0.39 is 0 Å². The molecule has 6 nitrogen and oxygen atoms in total. The van der Waals surface area contributed by atoms with Gasteiger partial charge in [0, 0.05) is 39.1 Å². The SMILES string of the molecule is CCN1CCN(C(=O)c2ccoc2C)C[C@@H]1c1nccn1C. The van der Waals surface area contributed by atoms with Gasteiger partial charge in [-0.1, -0.05) is 6.92 Å². The lowest BCUT2D eigenvalue weighted by atomic mass is 10.1. The molecule has 1 atom stereocenters. The highest BCUT2D eigenvalue weighted by Crippen LogP contribution is 2.25. The number of hydrogen-bond donors (Lipinski definition) is 0. The summed E-state index contributed by atoms with van der Waals surface area (Å²) in [7, 11) is 2.00. The molecular weight excluding hydrogens is 280 g/mol. The Morgan fingerprint density at radius 1 is 1.45 bits per heavy atom. The third-order valence-corrected chi connectivity index (χ3v) is 4.43. The standard InChI is InChI=1S/C16H22N4O2/c1-4-19-8-9-20(16(21)13-5-10-22-12(13)2)11-14(19)15-17-6-7-18(15)3/h5-7,10,14H,4,8-9,11H2,1-3H3/t14-/m1/s1. The van der Waals surface area contributed by atoms with Crippen molar-refractivity contribution in [2.45, 2.75) is 19.9 Å². The molecule has 6 heteroatoms. The zero-order chi connectivity index (χ0) is 15.7. The van der Waals surface area contributed by atoms with E-state index in [1.165, 1.54) is 0 Å². The summed E-state index contributed by atoms with van der Waals surface area (Å²) >= 11 is 0. The highest BCUT2D eigenvalue weighted by molar-refractivity contribution is 5.95. The predicted octanol–water partition coefficient (Wildman–Crippen LogP) is 1.84. The molecule has 1 saturated heterocycles. The topological polar surface area (TPSA) is 54.5 Å². The fourth-order valence-corrected chi connectivity index (χ4v) is 3.10. The number of rotatable bonds is 3. The first-order valence-corrected chi connectivity index (χ1v) is 7.66. The Kier molecular flexibility index (Phi) is 4.02. The minimum atomic E-state index is 0.0428. The van der Waals surface area contributed by atoms with E-state index in [2.05, 4.69) is 16.8 Å². The minimum Gasteiger partial charge on any atom is -0.469 e. The van der Waals surface area contributed by atoms with Gasteiger partial charge in [0.2, 0.25) is 0 Å².